The Balaban J connectivity index is 1.68. The Morgan fingerprint density at radius 2 is 1.95 bits per heavy atom. The molecule has 1 unspecified atom stereocenters. The summed E-state index contributed by atoms with van der Waals surface area (Å²) in [6, 6.07) is 1.08. The van der Waals surface area contributed by atoms with Gasteiger partial charge in [-0.1, -0.05) is 13.8 Å². The summed E-state index contributed by atoms with van der Waals surface area (Å²) in [5, 5.41) is 3.66. The van der Waals surface area contributed by atoms with Crippen LogP contribution in [0.5, 0.6) is 0 Å². The van der Waals surface area contributed by atoms with Crippen LogP contribution in [0, 0.1) is 5.41 Å². The van der Waals surface area contributed by atoms with Crippen molar-refractivity contribution in [2.45, 2.75) is 90.8 Å². The van der Waals surface area contributed by atoms with Gasteiger partial charge in [-0.2, -0.15) is 0 Å². The van der Waals surface area contributed by atoms with Crippen LogP contribution in [0.3, 0.4) is 0 Å². The summed E-state index contributed by atoms with van der Waals surface area (Å²) in [4.78, 5) is 14.2. The van der Waals surface area contributed by atoms with Crippen LogP contribution in [0.4, 0.5) is 4.79 Å². The van der Waals surface area contributed by atoms with Crippen LogP contribution in [-0.4, -0.2) is 41.8 Å². The number of nitrogens with one attached hydrogen (secondary N) is 1. The molecule has 0 saturated heterocycles. The van der Waals surface area contributed by atoms with Crippen molar-refractivity contribution in [3.8, 4) is 0 Å². The summed E-state index contributed by atoms with van der Waals surface area (Å²) in [6.07, 6.45) is 6.99. The lowest BCUT2D eigenvalue weighted by atomic mass is 9.92. The third kappa shape index (κ3) is 5.79. The first-order chi connectivity index (χ1) is 10.2. The monoisotopic (exact) mass is 310 g/mol. The average molecular weight is 310 g/mol. The summed E-state index contributed by atoms with van der Waals surface area (Å²) >= 11 is 0. The lowest BCUT2D eigenvalue weighted by Gasteiger charge is -2.27. The zero-order valence-electron chi connectivity index (χ0n) is 15.1. The van der Waals surface area contributed by atoms with Gasteiger partial charge >= 0.3 is 6.09 Å². The number of rotatable bonds is 6. The number of amides is 1. The Morgan fingerprint density at radius 1 is 1.27 bits per heavy atom. The number of nitrogens with zero attached hydrogens (tertiary/aromatic N) is 1. The molecule has 2 aliphatic carbocycles. The molecule has 0 aliphatic heterocycles. The quantitative estimate of drug-likeness (QED) is 0.755. The highest BCUT2D eigenvalue weighted by Gasteiger charge is 2.35. The van der Waals surface area contributed by atoms with Gasteiger partial charge in [-0.25, -0.2) is 4.79 Å². The molecule has 2 fully saturated rings. The number of carbonyl (C=O) groups is 1. The fraction of sp³-hybridized carbons (Fsp3) is 0.944. The topological polar surface area (TPSA) is 41.6 Å². The largest absolute Gasteiger partial charge is 0.444 e. The van der Waals surface area contributed by atoms with Crippen LogP contribution in [0.2, 0.25) is 0 Å². The van der Waals surface area contributed by atoms with Crippen LogP contribution >= 0.6 is 0 Å². The van der Waals surface area contributed by atoms with E-state index in [-0.39, 0.29) is 6.09 Å². The first kappa shape index (κ1) is 17.6. The number of ether oxygens (including phenoxy) is 1. The summed E-state index contributed by atoms with van der Waals surface area (Å²) in [5.74, 6) is 0. The van der Waals surface area contributed by atoms with Crippen molar-refractivity contribution in [1.82, 2.24) is 10.2 Å². The average Bonchev–Trinajstić information content (AvgIpc) is 3.12. The number of hydrogen-bond donors (Lipinski definition) is 1. The standard InChI is InChI=1S/C18H34N2O2/c1-17(2,3)22-16(21)20(15-7-8-15)12-6-11-19-14-9-10-18(4,5)13-14/h14-15,19H,6-13H2,1-5H3. The fourth-order valence-corrected chi connectivity index (χ4v) is 3.30. The Morgan fingerprint density at radius 3 is 2.45 bits per heavy atom. The fourth-order valence-electron chi connectivity index (χ4n) is 3.30. The van der Waals surface area contributed by atoms with Gasteiger partial charge in [0.2, 0.25) is 0 Å². The van der Waals surface area contributed by atoms with Gasteiger partial charge in [-0.3, -0.25) is 0 Å². The van der Waals surface area contributed by atoms with Gasteiger partial charge in [0.05, 0.1) is 0 Å². The molecule has 0 bridgehead atoms. The van der Waals surface area contributed by atoms with Crippen molar-refractivity contribution >= 4 is 6.09 Å². The molecule has 0 aromatic carbocycles. The second kappa shape index (κ2) is 6.77. The lowest BCUT2D eigenvalue weighted by molar-refractivity contribution is 0.0231. The van der Waals surface area contributed by atoms with Crippen LogP contribution in [0.15, 0.2) is 0 Å². The molecule has 128 valence electrons. The molecule has 4 nitrogen and oxygen atoms in total. The third-order valence-corrected chi connectivity index (χ3v) is 4.59. The minimum atomic E-state index is -0.405. The molecular formula is C18H34N2O2. The molecule has 0 spiro atoms. The van der Waals surface area contributed by atoms with Gasteiger partial charge in [0, 0.05) is 18.6 Å². The summed E-state index contributed by atoms with van der Waals surface area (Å²) in [6.45, 7) is 12.3. The maximum atomic E-state index is 12.3. The van der Waals surface area contributed by atoms with E-state index < -0.39 is 5.60 Å². The molecule has 4 heteroatoms. The molecule has 2 saturated carbocycles. The molecule has 0 radical (unpaired) electrons. The van der Waals surface area contributed by atoms with Crippen LogP contribution < -0.4 is 5.32 Å². The molecule has 22 heavy (non-hydrogen) atoms. The van der Waals surface area contributed by atoms with E-state index >= 15 is 0 Å². The van der Waals surface area contributed by atoms with Crippen molar-refractivity contribution in [2.24, 2.45) is 5.41 Å². The highest BCUT2D eigenvalue weighted by Crippen LogP contribution is 2.36. The number of hydrogen-bond acceptors (Lipinski definition) is 3. The molecule has 1 amide bonds. The summed E-state index contributed by atoms with van der Waals surface area (Å²) in [7, 11) is 0. The Bertz CT molecular complexity index is 383. The minimum absolute atomic E-state index is 0.142. The lowest BCUT2D eigenvalue weighted by Crippen LogP contribution is -2.40. The SMILES string of the molecule is CC1(C)CCC(NCCCN(C(=O)OC(C)(C)C)C2CC2)C1. The van der Waals surface area contributed by atoms with Gasteiger partial charge in [-0.05, 0) is 71.3 Å². The zero-order valence-corrected chi connectivity index (χ0v) is 15.1. The molecular weight excluding hydrogens is 276 g/mol. The molecule has 1 atom stereocenters. The molecule has 0 heterocycles. The van der Waals surface area contributed by atoms with Gasteiger partial charge in [0.25, 0.3) is 0 Å². The van der Waals surface area contributed by atoms with Crippen molar-refractivity contribution in [3.05, 3.63) is 0 Å². The Labute approximate surface area is 136 Å². The second-order valence-corrected chi connectivity index (χ2v) is 8.82. The van der Waals surface area contributed by atoms with E-state index in [1.807, 2.05) is 25.7 Å². The van der Waals surface area contributed by atoms with Gasteiger partial charge in [0.15, 0.2) is 0 Å². The van der Waals surface area contributed by atoms with E-state index in [2.05, 4.69) is 19.2 Å². The highest BCUT2D eigenvalue weighted by molar-refractivity contribution is 5.69. The van der Waals surface area contributed by atoms with Crippen LogP contribution in [0.1, 0.15) is 73.1 Å². The van der Waals surface area contributed by atoms with Crippen molar-refractivity contribution in [2.75, 3.05) is 13.1 Å². The van der Waals surface area contributed by atoms with Gasteiger partial charge in [0.1, 0.15) is 5.60 Å². The van der Waals surface area contributed by atoms with Crippen molar-refractivity contribution < 1.29 is 9.53 Å². The van der Waals surface area contributed by atoms with Crippen molar-refractivity contribution in [3.63, 3.8) is 0 Å². The summed E-state index contributed by atoms with van der Waals surface area (Å²) in [5.41, 5.74) is 0.0894. The van der Waals surface area contributed by atoms with E-state index in [9.17, 15) is 4.79 Å². The maximum Gasteiger partial charge on any atom is 0.410 e. The molecule has 1 N–H and O–H groups in total. The molecule has 2 aliphatic rings. The van der Waals surface area contributed by atoms with Gasteiger partial charge in [-0.15, -0.1) is 0 Å². The Kier molecular flexibility index (Phi) is 5.41. The van der Waals surface area contributed by atoms with Crippen molar-refractivity contribution in [1.29, 1.82) is 0 Å². The maximum absolute atomic E-state index is 12.3. The first-order valence-electron chi connectivity index (χ1n) is 8.89. The highest BCUT2D eigenvalue weighted by atomic mass is 16.6. The first-order valence-corrected chi connectivity index (χ1v) is 8.89. The van der Waals surface area contributed by atoms with Crippen LogP contribution in [-0.2, 0) is 4.74 Å². The molecule has 0 aromatic heterocycles. The summed E-state index contributed by atoms with van der Waals surface area (Å²) < 4.78 is 5.53. The Hall–Kier alpha value is -0.770. The zero-order chi connectivity index (χ0) is 16.4. The molecule has 0 aromatic rings. The second-order valence-electron chi connectivity index (χ2n) is 8.82. The predicted molar refractivity (Wildman–Crippen MR) is 90.0 cm³/mol. The van der Waals surface area contributed by atoms with E-state index in [1.54, 1.807) is 0 Å². The number of carbonyl (C=O) groups excluding carboxylic acids is 1. The van der Waals surface area contributed by atoms with E-state index in [0.717, 1.165) is 32.4 Å². The van der Waals surface area contributed by atoms with Gasteiger partial charge < -0.3 is 15.0 Å². The van der Waals surface area contributed by atoms with E-state index in [4.69, 9.17) is 4.74 Å². The van der Waals surface area contributed by atoms with E-state index in [1.165, 1.54) is 19.3 Å². The predicted octanol–water partition coefficient (Wildman–Crippen LogP) is 3.94. The minimum Gasteiger partial charge on any atom is -0.444 e. The smallest absolute Gasteiger partial charge is 0.410 e. The normalized spacial score (nSPS) is 24.3. The third-order valence-electron chi connectivity index (χ3n) is 4.59. The van der Waals surface area contributed by atoms with E-state index in [0.29, 0.717) is 17.5 Å². The molecule has 2 rings (SSSR count). The van der Waals surface area contributed by atoms with Crippen LogP contribution in [0.25, 0.3) is 0 Å².